The fourth-order valence-corrected chi connectivity index (χ4v) is 4.03. The van der Waals surface area contributed by atoms with Gasteiger partial charge in [0.25, 0.3) is 11.5 Å². The van der Waals surface area contributed by atoms with Crippen LogP contribution in [0.25, 0.3) is 21.7 Å². The van der Waals surface area contributed by atoms with Gasteiger partial charge in [0.2, 0.25) is 0 Å². The number of hydrogen-bond acceptors (Lipinski definition) is 4. The molecule has 160 valence electrons. The number of fused-ring (bicyclic) bond motifs is 2. The van der Waals surface area contributed by atoms with E-state index < -0.39 is 0 Å². The molecule has 2 aromatic heterocycles. The molecule has 4 rings (SSSR count). The molecule has 7 nitrogen and oxygen atoms in total. The first-order chi connectivity index (χ1) is 14.9. The zero-order valence-electron chi connectivity index (χ0n) is 18.2. The number of nitrogens with zero attached hydrogens (tertiary/aromatic N) is 3. The second-order valence-corrected chi connectivity index (χ2v) is 7.74. The summed E-state index contributed by atoms with van der Waals surface area (Å²) in [5.41, 5.74) is 2.31. The lowest BCUT2D eigenvalue weighted by molar-refractivity contribution is 0.0934. The third-order valence-corrected chi connectivity index (χ3v) is 5.57. The normalized spacial score (nSPS) is 12.3. The number of amides is 1. The molecule has 0 fully saturated rings. The zero-order chi connectivity index (χ0) is 22.1. The number of ether oxygens (including phenoxy) is 1. The monoisotopic (exact) mass is 418 g/mol. The fraction of sp³-hybridized carbons (Fsp3) is 0.292. The van der Waals surface area contributed by atoms with Gasteiger partial charge in [-0.05, 0) is 50.1 Å². The van der Waals surface area contributed by atoms with Crippen molar-refractivity contribution >= 4 is 27.6 Å². The van der Waals surface area contributed by atoms with Crippen molar-refractivity contribution in [2.24, 2.45) is 7.05 Å². The van der Waals surface area contributed by atoms with Crippen LogP contribution in [-0.4, -0.2) is 33.4 Å². The summed E-state index contributed by atoms with van der Waals surface area (Å²) < 4.78 is 8.78. The molecule has 2 heterocycles. The van der Waals surface area contributed by atoms with Crippen molar-refractivity contribution in [1.29, 1.82) is 0 Å². The van der Waals surface area contributed by atoms with E-state index in [9.17, 15) is 9.59 Å². The highest BCUT2D eigenvalue weighted by atomic mass is 16.5. The predicted octanol–water partition coefficient (Wildman–Crippen LogP) is 3.28. The second-order valence-electron chi connectivity index (χ2n) is 7.74. The van der Waals surface area contributed by atoms with E-state index >= 15 is 0 Å². The van der Waals surface area contributed by atoms with Crippen LogP contribution in [0.2, 0.25) is 0 Å². The van der Waals surface area contributed by atoms with E-state index in [0.29, 0.717) is 23.7 Å². The first kappa shape index (κ1) is 20.7. The molecule has 4 aromatic rings. The van der Waals surface area contributed by atoms with Crippen LogP contribution in [0.15, 0.2) is 53.5 Å². The van der Waals surface area contributed by atoms with Crippen LogP contribution in [0.1, 0.15) is 29.9 Å². The predicted molar refractivity (Wildman–Crippen MR) is 122 cm³/mol. The van der Waals surface area contributed by atoms with E-state index in [4.69, 9.17) is 4.74 Å². The van der Waals surface area contributed by atoms with Gasteiger partial charge in [-0.1, -0.05) is 18.2 Å². The number of aromatic nitrogens is 3. The van der Waals surface area contributed by atoms with Crippen LogP contribution in [0.4, 0.5) is 0 Å². The van der Waals surface area contributed by atoms with Gasteiger partial charge in [0.1, 0.15) is 5.75 Å². The Kier molecular flexibility index (Phi) is 5.50. The van der Waals surface area contributed by atoms with E-state index in [1.54, 1.807) is 25.3 Å². The van der Waals surface area contributed by atoms with Gasteiger partial charge >= 0.3 is 0 Å². The SMILES string of the molecule is CCn1nc(C(=O)N[C@@H](C)Cc2cn(C)c3ccc(OC)cc23)c2ccccc2c1=O. The second kappa shape index (κ2) is 8.26. The van der Waals surface area contributed by atoms with Gasteiger partial charge in [-0.15, -0.1) is 0 Å². The Morgan fingerprint density at radius 3 is 2.61 bits per heavy atom. The van der Waals surface area contributed by atoms with Crippen LogP contribution >= 0.6 is 0 Å². The maximum absolute atomic E-state index is 13.1. The van der Waals surface area contributed by atoms with Gasteiger partial charge in [-0.3, -0.25) is 9.59 Å². The number of carbonyl (C=O) groups is 1. The number of aryl methyl sites for hydroxylation is 2. The molecule has 0 bridgehead atoms. The van der Waals surface area contributed by atoms with Crippen LogP contribution < -0.4 is 15.6 Å². The molecule has 0 saturated heterocycles. The summed E-state index contributed by atoms with van der Waals surface area (Å²) in [7, 11) is 3.66. The Bertz CT molecular complexity index is 1340. The Balaban J connectivity index is 1.62. The molecule has 0 saturated carbocycles. The molecule has 0 spiro atoms. The minimum absolute atomic E-state index is 0.133. The summed E-state index contributed by atoms with van der Waals surface area (Å²) in [5, 5.41) is 9.55. The third-order valence-electron chi connectivity index (χ3n) is 5.57. The Morgan fingerprint density at radius 2 is 1.90 bits per heavy atom. The molecule has 0 aliphatic heterocycles. The number of benzene rings is 2. The highest BCUT2D eigenvalue weighted by Gasteiger charge is 2.19. The molecule has 1 atom stereocenters. The molecule has 1 N–H and O–H groups in total. The molecular formula is C24H26N4O3. The quantitative estimate of drug-likeness (QED) is 0.521. The van der Waals surface area contributed by atoms with Crippen LogP contribution in [0.3, 0.4) is 0 Å². The highest BCUT2D eigenvalue weighted by molar-refractivity contribution is 6.04. The molecular weight excluding hydrogens is 392 g/mol. The lowest BCUT2D eigenvalue weighted by Crippen LogP contribution is -2.36. The first-order valence-electron chi connectivity index (χ1n) is 10.4. The lowest BCUT2D eigenvalue weighted by Gasteiger charge is -2.15. The van der Waals surface area contributed by atoms with Gasteiger partial charge in [0.15, 0.2) is 5.69 Å². The summed E-state index contributed by atoms with van der Waals surface area (Å²) in [6.45, 7) is 4.20. The Morgan fingerprint density at radius 1 is 1.16 bits per heavy atom. The first-order valence-corrected chi connectivity index (χ1v) is 10.4. The van der Waals surface area contributed by atoms with E-state index in [1.165, 1.54) is 4.68 Å². The molecule has 0 aliphatic carbocycles. The summed E-state index contributed by atoms with van der Waals surface area (Å²) in [6.07, 6.45) is 2.74. The van der Waals surface area contributed by atoms with Gasteiger partial charge in [0, 0.05) is 42.1 Å². The summed E-state index contributed by atoms with van der Waals surface area (Å²) in [5.74, 6) is 0.512. The molecule has 2 aromatic carbocycles. The Hall–Kier alpha value is -3.61. The standard InChI is InChI=1S/C24H26N4O3/c1-5-28-24(30)19-9-7-6-8-18(19)22(26-28)23(29)25-15(2)12-16-14-27(3)21-11-10-17(31-4)13-20(16)21/h6-11,13-15H,5,12H2,1-4H3,(H,25,29)/t15-/m0/s1. The molecule has 7 heteroatoms. The third kappa shape index (κ3) is 3.79. The van der Waals surface area contributed by atoms with Gasteiger partial charge in [-0.25, -0.2) is 4.68 Å². The van der Waals surface area contributed by atoms with Crippen LogP contribution in [0.5, 0.6) is 5.75 Å². The van der Waals surface area contributed by atoms with Gasteiger partial charge in [0.05, 0.1) is 12.5 Å². The fourth-order valence-electron chi connectivity index (χ4n) is 4.03. The van der Waals surface area contributed by atoms with Crippen molar-refractivity contribution in [1.82, 2.24) is 19.7 Å². The average Bonchev–Trinajstić information content (AvgIpc) is 3.08. The van der Waals surface area contributed by atoms with Crippen molar-refractivity contribution < 1.29 is 9.53 Å². The maximum Gasteiger partial charge on any atom is 0.274 e. The van der Waals surface area contributed by atoms with Crippen molar-refractivity contribution in [2.75, 3.05) is 7.11 Å². The number of nitrogens with one attached hydrogen (secondary N) is 1. The van der Waals surface area contributed by atoms with E-state index in [2.05, 4.69) is 21.2 Å². The van der Waals surface area contributed by atoms with Gasteiger partial charge < -0.3 is 14.6 Å². The van der Waals surface area contributed by atoms with E-state index in [1.807, 2.05) is 45.2 Å². The summed E-state index contributed by atoms with van der Waals surface area (Å²) in [4.78, 5) is 25.6. The van der Waals surface area contributed by atoms with Crippen LogP contribution in [-0.2, 0) is 20.0 Å². The van der Waals surface area contributed by atoms with Gasteiger partial charge in [-0.2, -0.15) is 5.10 Å². The lowest BCUT2D eigenvalue weighted by atomic mass is 10.1. The van der Waals surface area contributed by atoms with Crippen molar-refractivity contribution in [3.63, 3.8) is 0 Å². The average molecular weight is 418 g/mol. The van der Waals surface area contributed by atoms with E-state index in [-0.39, 0.29) is 23.2 Å². The van der Waals surface area contributed by atoms with Crippen LogP contribution in [0, 0.1) is 0 Å². The maximum atomic E-state index is 13.1. The number of rotatable bonds is 6. The summed E-state index contributed by atoms with van der Waals surface area (Å²) >= 11 is 0. The number of carbonyl (C=O) groups excluding carboxylic acids is 1. The minimum Gasteiger partial charge on any atom is -0.497 e. The largest absolute Gasteiger partial charge is 0.497 e. The molecule has 1 amide bonds. The van der Waals surface area contributed by atoms with Crippen molar-refractivity contribution in [2.45, 2.75) is 32.9 Å². The van der Waals surface area contributed by atoms with E-state index in [0.717, 1.165) is 22.2 Å². The molecule has 31 heavy (non-hydrogen) atoms. The molecule has 0 aliphatic rings. The number of methoxy groups -OCH3 is 1. The summed E-state index contributed by atoms with van der Waals surface area (Å²) in [6, 6.07) is 13.0. The molecule has 0 unspecified atom stereocenters. The molecule has 0 radical (unpaired) electrons. The zero-order valence-corrected chi connectivity index (χ0v) is 18.2. The minimum atomic E-state index is -0.288. The smallest absolute Gasteiger partial charge is 0.274 e. The van der Waals surface area contributed by atoms with Crippen molar-refractivity contribution in [3.05, 3.63) is 70.3 Å². The van der Waals surface area contributed by atoms with Crippen molar-refractivity contribution in [3.8, 4) is 5.75 Å². The highest BCUT2D eigenvalue weighted by Crippen LogP contribution is 2.26. The number of hydrogen-bond donors (Lipinski definition) is 1. The Labute approximate surface area is 180 Å². The topological polar surface area (TPSA) is 78.2 Å².